The van der Waals surface area contributed by atoms with Crippen LogP contribution in [0.5, 0.6) is 0 Å². The number of carbonyl (C=O) groups excluding carboxylic acids is 1. The van der Waals surface area contributed by atoms with Crippen LogP contribution in [0.2, 0.25) is 0 Å². The van der Waals surface area contributed by atoms with Gasteiger partial charge in [-0.1, -0.05) is 30.9 Å². The maximum absolute atomic E-state index is 10.8. The third kappa shape index (κ3) is 1.56. The Kier molecular flexibility index (Phi) is 2.23. The van der Waals surface area contributed by atoms with Gasteiger partial charge in [0.2, 0.25) is 0 Å². The zero-order valence-corrected chi connectivity index (χ0v) is 5.86. The average molecular weight is 152 g/mol. The first-order chi connectivity index (χ1) is 5.25. The zero-order chi connectivity index (χ0) is 8.27. The summed E-state index contributed by atoms with van der Waals surface area (Å²) in [4.78, 5) is 14.3. The van der Waals surface area contributed by atoms with Gasteiger partial charge in [-0.2, -0.15) is 5.26 Å². The average Bonchev–Trinajstić information content (AvgIpc) is 2.04. The minimum atomic E-state index is -0.699. The summed E-state index contributed by atoms with van der Waals surface area (Å²) in [5.41, 5.74) is 0.617. The van der Waals surface area contributed by atoms with Crippen molar-refractivity contribution in [2.24, 2.45) is 5.92 Å². The van der Waals surface area contributed by atoms with Gasteiger partial charge in [0, 0.05) is 0 Å². The molecule has 0 fully saturated rings. The van der Waals surface area contributed by atoms with Crippen LogP contribution < -0.4 is 0 Å². The second-order valence-corrected chi connectivity index (χ2v) is 2.21. The van der Waals surface area contributed by atoms with Gasteiger partial charge in [0.1, 0.15) is 5.92 Å². The van der Waals surface area contributed by atoms with Crippen molar-refractivity contribution < 1.29 is 14.9 Å². The van der Waals surface area contributed by atoms with Crippen LogP contribution in [0.3, 0.4) is 0 Å². The third-order valence-corrected chi connectivity index (χ3v) is 1.47. The molecule has 11 heavy (non-hydrogen) atoms. The molecule has 0 heterocycles. The van der Waals surface area contributed by atoms with Gasteiger partial charge in [0.05, 0.1) is 0 Å². The molecule has 0 radical (unpaired) electrons. The summed E-state index contributed by atoms with van der Waals surface area (Å²) < 4.78 is 0. The molecular weight excluding hydrogens is 144 g/mol. The molecule has 0 aliphatic heterocycles. The first-order valence-corrected chi connectivity index (χ1v) is 3.14. The van der Waals surface area contributed by atoms with E-state index in [1.807, 2.05) is 0 Å². The van der Waals surface area contributed by atoms with Crippen LogP contribution in [0.4, 0.5) is 0 Å². The molecular formula is C8H8O3. The first-order valence-electron chi connectivity index (χ1n) is 3.14. The van der Waals surface area contributed by atoms with Crippen LogP contribution in [0.1, 0.15) is 0 Å². The molecule has 3 heteroatoms. The van der Waals surface area contributed by atoms with Gasteiger partial charge >= 0.3 is 5.97 Å². The van der Waals surface area contributed by atoms with Crippen LogP contribution in [0.25, 0.3) is 0 Å². The topological polar surface area (TPSA) is 46.5 Å². The van der Waals surface area contributed by atoms with Crippen molar-refractivity contribution in [3.63, 3.8) is 0 Å². The fourth-order valence-corrected chi connectivity index (χ4v) is 0.868. The number of allylic oxidation sites excluding steroid dienone is 3. The highest BCUT2D eigenvalue weighted by molar-refractivity contribution is 5.78. The van der Waals surface area contributed by atoms with E-state index in [-0.39, 0.29) is 0 Å². The summed E-state index contributed by atoms with van der Waals surface area (Å²) in [6.45, 7) is 3.61. The van der Waals surface area contributed by atoms with E-state index in [2.05, 4.69) is 11.5 Å². The van der Waals surface area contributed by atoms with Gasteiger partial charge in [-0.3, -0.25) is 4.89 Å². The Balaban J connectivity index is 2.73. The van der Waals surface area contributed by atoms with E-state index in [1.165, 1.54) is 0 Å². The fourth-order valence-electron chi connectivity index (χ4n) is 0.868. The Hall–Kier alpha value is -1.35. The summed E-state index contributed by atoms with van der Waals surface area (Å²) in [5.74, 6) is -1.24. The van der Waals surface area contributed by atoms with E-state index < -0.39 is 11.9 Å². The number of rotatable bonds is 1. The lowest BCUT2D eigenvalue weighted by molar-refractivity contribution is -0.236. The van der Waals surface area contributed by atoms with E-state index in [1.54, 1.807) is 24.3 Å². The monoisotopic (exact) mass is 152 g/mol. The van der Waals surface area contributed by atoms with Crippen molar-refractivity contribution in [1.82, 2.24) is 0 Å². The summed E-state index contributed by atoms with van der Waals surface area (Å²) in [6.07, 6.45) is 6.78. The molecule has 0 bridgehead atoms. The standard InChI is InChI=1S/C8H8O3/c1-6-4-2-3-5-7(6)8(9)11-10/h2-5,7,10H,1H2. The van der Waals surface area contributed by atoms with E-state index in [9.17, 15) is 4.79 Å². The van der Waals surface area contributed by atoms with E-state index in [4.69, 9.17) is 5.26 Å². The Labute approximate surface area is 64.2 Å². The molecule has 58 valence electrons. The number of carbonyl (C=O) groups is 1. The van der Waals surface area contributed by atoms with Crippen LogP contribution in [0.15, 0.2) is 36.5 Å². The van der Waals surface area contributed by atoms with Crippen molar-refractivity contribution in [3.05, 3.63) is 36.5 Å². The van der Waals surface area contributed by atoms with E-state index in [0.717, 1.165) is 0 Å². The quantitative estimate of drug-likeness (QED) is 0.455. The molecule has 1 N–H and O–H groups in total. The molecule has 0 saturated heterocycles. The number of hydrogen-bond donors (Lipinski definition) is 1. The SMILES string of the molecule is C=C1C=CC=CC1C(=O)OO. The summed E-state index contributed by atoms with van der Waals surface area (Å²) >= 11 is 0. The van der Waals surface area contributed by atoms with Crippen molar-refractivity contribution in [2.75, 3.05) is 0 Å². The number of hydrogen-bond acceptors (Lipinski definition) is 3. The molecule has 0 saturated carbocycles. The molecule has 0 amide bonds. The van der Waals surface area contributed by atoms with Gasteiger partial charge in [0.25, 0.3) is 0 Å². The largest absolute Gasteiger partial charge is 0.353 e. The molecule has 3 nitrogen and oxygen atoms in total. The molecule has 1 atom stereocenters. The molecule has 0 aromatic rings. The van der Waals surface area contributed by atoms with Gasteiger partial charge in [-0.25, -0.2) is 4.79 Å². The van der Waals surface area contributed by atoms with Crippen LogP contribution in [-0.2, 0) is 9.68 Å². The predicted octanol–water partition coefficient (Wildman–Crippen LogP) is 1.30. The summed E-state index contributed by atoms with van der Waals surface area (Å²) in [6, 6.07) is 0. The minimum absolute atomic E-state index is 0.537. The summed E-state index contributed by atoms with van der Waals surface area (Å²) in [5, 5.41) is 8.06. The highest BCUT2D eigenvalue weighted by Crippen LogP contribution is 2.17. The molecule has 1 unspecified atom stereocenters. The maximum Gasteiger partial charge on any atom is 0.353 e. The van der Waals surface area contributed by atoms with Gasteiger partial charge in [-0.05, 0) is 5.57 Å². The predicted molar refractivity (Wildman–Crippen MR) is 39.6 cm³/mol. The lowest BCUT2D eigenvalue weighted by atomic mass is 9.96. The maximum atomic E-state index is 10.8. The van der Waals surface area contributed by atoms with Crippen LogP contribution >= 0.6 is 0 Å². The fraction of sp³-hybridized carbons (Fsp3) is 0.125. The van der Waals surface area contributed by atoms with Gasteiger partial charge < -0.3 is 0 Å². The minimum Gasteiger partial charge on any atom is -0.300 e. The van der Waals surface area contributed by atoms with Gasteiger partial charge in [0.15, 0.2) is 0 Å². The molecule has 1 rings (SSSR count). The lowest BCUT2D eigenvalue weighted by Crippen LogP contribution is -2.16. The second-order valence-electron chi connectivity index (χ2n) is 2.21. The Morgan fingerprint density at radius 1 is 1.64 bits per heavy atom. The Morgan fingerprint density at radius 3 is 2.91 bits per heavy atom. The summed E-state index contributed by atoms with van der Waals surface area (Å²) in [7, 11) is 0. The highest BCUT2D eigenvalue weighted by atomic mass is 17.1. The van der Waals surface area contributed by atoms with Gasteiger partial charge in [-0.15, -0.1) is 0 Å². The molecule has 0 spiro atoms. The second kappa shape index (κ2) is 3.16. The Morgan fingerprint density at radius 2 is 2.36 bits per heavy atom. The van der Waals surface area contributed by atoms with Crippen molar-refractivity contribution in [3.8, 4) is 0 Å². The Bertz CT molecular complexity index is 238. The first kappa shape index (κ1) is 7.75. The molecule has 0 aromatic carbocycles. The van der Waals surface area contributed by atoms with Crippen LogP contribution in [0, 0.1) is 5.92 Å². The molecule has 1 aliphatic carbocycles. The van der Waals surface area contributed by atoms with E-state index >= 15 is 0 Å². The van der Waals surface area contributed by atoms with Crippen molar-refractivity contribution in [2.45, 2.75) is 0 Å². The van der Waals surface area contributed by atoms with E-state index in [0.29, 0.717) is 5.57 Å². The normalized spacial score (nSPS) is 21.9. The zero-order valence-electron chi connectivity index (χ0n) is 5.86. The highest BCUT2D eigenvalue weighted by Gasteiger charge is 2.19. The van der Waals surface area contributed by atoms with Crippen molar-refractivity contribution >= 4 is 5.97 Å². The lowest BCUT2D eigenvalue weighted by Gasteiger charge is -2.10. The molecule has 0 aromatic heterocycles. The third-order valence-electron chi connectivity index (χ3n) is 1.47. The molecule has 1 aliphatic rings. The van der Waals surface area contributed by atoms with Crippen molar-refractivity contribution in [1.29, 1.82) is 0 Å². The van der Waals surface area contributed by atoms with Crippen LogP contribution in [-0.4, -0.2) is 11.2 Å². The smallest absolute Gasteiger partial charge is 0.300 e.